The van der Waals surface area contributed by atoms with Crippen molar-refractivity contribution >= 4 is 37.8 Å². The van der Waals surface area contributed by atoms with E-state index in [1.807, 2.05) is 29.2 Å². The van der Waals surface area contributed by atoms with Crippen molar-refractivity contribution in [1.82, 2.24) is 4.90 Å². The maximum atomic E-state index is 11.9. The molecule has 0 N–H and O–H groups in total. The fourth-order valence-electron chi connectivity index (χ4n) is 1.64. The molecule has 0 bridgehead atoms. The van der Waals surface area contributed by atoms with Gasteiger partial charge >= 0.3 is 0 Å². The van der Waals surface area contributed by atoms with Crippen LogP contribution in [0.3, 0.4) is 0 Å². The van der Waals surface area contributed by atoms with Crippen LogP contribution in [0.4, 0.5) is 0 Å². The van der Waals surface area contributed by atoms with Crippen molar-refractivity contribution in [3.63, 3.8) is 0 Å². The normalized spacial score (nSPS) is 16.3. The summed E-state index contributed by atoms with van der Waals surface area (Å²) in [5.41, 5.74) is 0.761. The zero-order valence-corrected chi connectivity index (χ0v) is 11.3. The third kappa shape index (κ3) is 2.42. The average molecular weight is 333 g/mol. The fourth-order valence-corrected chi connectivity index (χ4v) is 2.45. The van der Waals surface area contributed by atoms with Crippen LogP contribution >= 0.6 is 31.9 Å². The molecular weight excluding hydrogens is 322 g/mol. The molecule has 1 aromatic rings. The molecule has 0 radical (unpaired) electrons. The van der Waals surface area contributed by atoms with Crippen LogP contribution in [0.1, 0.15) is 10.4 Å². The number of hydrogen-bond acceptors (Lipinski definition) is 1. The van der Waals surface area contributed by atoms with E-state index in [0.717, 1.165) is 28.5 Å². The van der Waals surface area contributed by atoms with Crippen molar-refractivity contribution in [2.75, 3.05) is 18.4 Å². The highest BCUT2D eigenvalue weighted by Crippen LogP contribution is 2.21. The molecule has 80 valence electrons. The molecule has 0 atom stereocenters. The number of carbonyl (C=O) groups excluding carboxylic acids is 1. The lowest BCUT2D eigenvalue weighted by atomic mass is 10.0. The third-order valence-electron chi connectivity index (χ3n) is 2.53. The summed E-state index contributed by atoms with van der Waals surface area (Å²) in [5.74, 6) is 0.759. The van der Waals surface area contributed by atoms with E-state index in [4.69, 9.17) is 0 Å². The molecule has 1 heterocycles. The minimum absolute atomic E-state index is 0.133. The molecule has 0 unspecified atom stereocenters. The quantitative estimate of drug-likeness (QED) is 0.762. The first kappa shape index (κ1) is 11.1. The van der Waals surface area contributed by atoms with E-state index in [0.29, 0.717) is 5.92 Å². The van der Waals surface area contributed by atoms with Crippen molar-refractivity contribution in [3.8, 4) is 0 Å². The molecule has 1 aromatic carbocycles. The summed E-state index contributed by atoms with van der Waals surface area (Å²) in [6, 6.07) is 7.53. The molecule has 15 heavy (non-hydrogen) atoms. The first-order valence-corrected chi connectivity index (χ1v) is 6.73. The number of benzene rings is 1. The van der Waals surface area contributed by atoms with Gasteiger partial charge in [-0.05, 0) is 18.2 Å². The summed E-state index contributed by atoms with van der Waals surface area (Å²) in [5, 5.41) is 0.981. The fraction of sp³-hybridized carbons (Fsp3) is 0.364. The Morgan fingerprint density at radius 2 is 2.20 bits per heavy atom. The zero-order valence-electron chi connectivity index (χ0n) is 8.12. The number of hydrogen-bond donors (Lipinski definition) is 0. The summed E-state index contributed by atoms with van der Waals surface area (Å²) >= 11 is 6.79. The smallest absolute Gasteiger partial charge is 0.253 e. The minimum atomic E-state index is 0.133. The van der Waals surface area contributed by atoms with Crippen molar-refractivity contribution in [2.24, 2.45) is 5.92 Å². The highest BCUT2D eigenvalue weighted by atomic mass is 79.9. The van der Waals surface area contributed by atoms with Gasteiger partial charge in [-0.3, -0.25) is 4.79 Å². The Labute approximate surface area is 106 Å². The van der Waals surface area contributed by atoms with E-state index >= 15 is 0 Å². The molecule has 1 amide bonds. The Morgan fingerprint density at radius 1 is 1.47 bits per heavy atom. The number of carbonyl (C=O) groups is 1. The van der Waals surface area contributed by atoms with E-state index in [2.05, 4.69) is 31.9 Å². The van der Waals surface area contributed by atoms with Gasteiger partial charge in [-0.15, -0.1) is 0 Å². The van der Waals surface area contributed by atoms with Crippen LogP contribution in [-0.2, 0) is 0 Å². The average Bonchev–Trinajstić information content (AvgIpc) is 2.16. The van der Waals surface area contributed by atoms with Gasteiger partial charge < -0.3 is 4.90 Å². The predicted octanol–water partition coefficient (Wildman–Crippen LogP) is 2.92. The van der Waals surface area contributed by atoms with Gasteiger partial charge in [0.15, 0.2) is 0 Å². The molecule has 1 saturated heterocycles. The van der Waals surface area contributed by atoms with Crippen molar-refractivity contribution in [2.45, 2.75) is 0 Å². The van der Waals surface area contributed by atoms with Gasteiger partial charge in [-0.1, -0.05) is 37.9 Å². The van der Waals surface area contributed by atoms with Crippen LogP contribution in [0.5, 0.6) is 0 Å². The number of likely N-dealkylation sites (tertiary alicyclic amines) is 1. The number of amides is 1. The molecule has 2 nitrogen and oxygen atoms in total. The molecule has 1 fully saturated rings. The molecule has 0 saturated carbocycles. The maximum Gasteiger partial charge on any atom is 0.253 e. The number of nitrogens with zero attached hydrogens (tertiary/aromatic N) is 1. The number of rotatable bonds is 2. The molecule has 2 rings (SSSR count). The zero-order chi connectivity index (χ0) is 10.8. The predicted molar refractivity (Wildman–Crippen MR) is 67.3 cm³/mol. The summed E-state index contributed by atoms with van der Waals surface area (Å²) in [7, 11) is 0. The topological polar surface area (TPSA) is 20.3 Å². The van der Waals surface area contributed by atoms with E-state index in [-0.39, 0.29) is 5.91 Å². The van der Waals surface area contributed by atoms with Crippen molar-refractivity contribution in [1.29, 1.82) is 0 Å². The van der Waals surface area contributed by atoms with Crippen LogP contribution in [0.15, 0.2) is 28.7 Å². The first-order valence-electron chi connectivity index (χ1n) is 4.81. The van der Waals surface area contributed by atoms with E-state index in [9.17, 15) is 4.79 Å². The Hall–Kier alpha value is -0.350. The lowest BCUT2D eigenvalue weighted by Crippen LogP contribution is -2.50. The molecule has 4 heteroatoms. The van der Waals surface area contributed by atoms with Gasteiger partial charge in [0.05, 0.1) is 0 Å². The highest BCUT2D eigenvalue weighted by molar-refractivity contribution is 9.10. The molecule has 1 aliphatic rings. The molecule has 1 aliphatic heterocycles. The largest absolute Gasteiger partial charge is 0.338 e. The lowest BCUT2D eigenvalue weighted by molar-refractivity contribution is 0.0539. The van der Waals surface area contributed by atoms with Crippen LogP contribution < -0.4 is 0 Å². The Balaban J connectivity index is 2.03. The maximum absolute atomic E-state index is 11.9. The second-order valence-corrected chi connectivity index (χ2v) is 5.30. The van der Waals surface area contributed by atoms with Gasteiger partial charge in [-0.2, -0.15) is 0 Å². The lowest BCUT2D eigenvalue weighted by Gasteiger charge is -2.38. The monoisotopic (exact) mass is 331 g/mol. The second kappa shape index (κ2) is 4.66. The van der Waals surface area contributed by atoms with Crippen LogP contribution in [0.2, 0.25) is 0 Å². The van der Waals surface area contributed by atoms with E-state index in [1.165, 1.54) is 0 Å². The first-order chi connectivity index (χ1) is 7.20. The third-order valence-corrected chi connectivity index (χ3v) is 3.94. The summed E-state index contributed by atoms with van der Waals surface area (Å²) < 4.78 is 0.950. The summed E-state index contributed by atoms with van der Waals surface area (Å²) in [6.07, 6.45) is 0. The van der Waals surface area contributed by atoms with Gasteiger partial charge in [-0.25, -0.2) is 0 Å². The Kier molecular flexibility index (Phi) is 3.46. The van der Waals surface area contributed by atoms with Crippen molar-refractivity contribution < 1.29 is 4.79 Å². The van der Waals surface area contributed by atoms with E-state index < -0.39 is 0 Å². The van der Waals surface area contributed by atoms with Gasteiger partial charge in [0.25, 0.3) is 5.91 Å². The van der Waals surface area contributed by atoms with Crippen LogP contribution in [0, 0.1) is 5.92 Å². The van der Waals surface area contributed by atoms with Gasteiger partial charge in [0, 0.05) is 34.4 Å². The Morgan fingerprint density at radius 3 is 2.80 bits per heavy atom. The minimum Gasteiger partial charge on any atom is -0.338 e. The molecule has 0 aliphatic carbocycles. The van der Waals surface area contributed by atoms with Gasteiger partial charge in [0.1, 0.15) is 0 Å². The standard InChI is InChI=1S/C11H11Br2NO/c12-5-8-6-14(7-8)11(15)9-2-1-3-10(13)4-9/h1-4,8H,5-7H2. The summed E-state index contributed by atoms with van der Waals surface area (Å²) in [4.78, 5) is 13.8. The van der Waals surface area contributed by atoms with Crippen molar-refractivity contribution in [3.05, 3.63) is 34.3 Å². The summed E-state index contributed by atoms with van der Waals surface area (Å²) in [6.45, 7) is 1.74. The van der Waals surface area contributed by atoms with Gasteiger partial charge in [0.2, 0.25) is 0 Å². The molecule has 0 aromatic heterocycles. The van der Waals surface area contributed by atoms with Crippen LogP contribution in [-0.4, -0.2) is 29.2 Å². The number of halogens is 2. The Bertz CT molecular complexity index is 375. The SMILES string of the molecule is O=C(c1cccc(Br)c1)N1CC(CBr)C1. The molecular formula is C11H11Br2NO. The highest BCUT2D eigenvalue weighted by Gasteiger charge is 2.30. The number of alkyl halides is 1. The second-order valence-electron chi connectivity index (χ2n) is 3.74. The van der Waals surface area contributed by atoms with E-state index in [1.54, 1.807) is 0 Å². The van der Waals surface area contributed by atoms with Crippen LogP contribution in [0.25, 0.3) is 0 Å². The molecule has 0 spiro atoms.